The average Bonchev–Trinajstić information content (AvgIpc) is 2.43. The fraction of sp³-hybridized carbons (Fsp3) is 0.588. The number of ketones is 1. The van der Waals surface area contributed by atoms with E-state index in [4.69, 9.17) is 0 Å². The minimum absolute atomic E-state index is 0.199. The van der Waals surface area contributed by atoms with Gasteiger partial charge in [-0.1, -0.05) is 31.9 Å². The van der Waals surface area contributed by atoms with Gasteiger partial charge in [-0.15, -0.1) is 0 Å². The molecule has 1 saturated carbocycles. The molecule has 2 rings (SSSR count). The van der Waals surface area contributed by atoms with Gasteiger partial charge in [0.2, 0.25) is 0 Å². The lowest BCUT2D eigenvalue weighted by Gasteiger charge is -2.44. The first-order chi connectivity index (χ1) is 9.86. The van der Waals surface area contributed by atoms with Crippen molar-refractivity contribution in [2.24, 2.45) is 5.92 Å². The summed E-state index contributed by atoms with van der Waals surface area (Å²) in [5.74, 6) is 0.447. The number of carbonyl (C=O) groups excluding carboxylic acids is 1. The summed E-state index contributed by atoms with van der Waals surface area (Å²) in [5, 5.41) is 0. The van der Waals surface area contributed by atoms with Crippen LogP contribution in [0, 0.1) is 11.7 Å². The van der Waals surface area contributed by atoms with Crippen LogP contribution in [-0.4, -0.2) is 30.3 Å². The molecular weight excluding hydrogens is 333 g/mol. The van der Waals surface area contributed by atoms with E-state index in [2.05, 4.69) is 27.8 Å². The maximum atomic E-state index is 13.6. The van der Waals surface area contributed by atoms with Crippen molar-refractivity contribution < 1.29 is 9.18 Å². The highest BCUT2D eigenvalue weighted by atomic mass is 79.9. The fourth-order valence-electron chi connectivity index (χ4n) is 3.45. The fourth-order valence-corrected chi connectivity index (χ4v) is 3.86. The normalized spacial score (nSPS) is 26.1. The monoisotopic (exact) mass is 355 g/mol. The summed E-state index contributed by atoms with van der Waals surface area (Å²) in [5.41, 5.74) is 0.336. The summed E-state index contributed by atoms with van der Waals surface area (Å²) in [6.45, 7) is 2.21. The summed E-state index contributed by atoms with van der Waals surface area (Å²) >= 11 is 3.26. The van der Waals surface area contributed by atoms with Gasteiger partial charge >= 0.3 is 0 Å². The van der Waals surface area contributed by atoms with E-state index in [0.29, 0.717) is 10.4 Å². The van der Waals surface area contributed by atoms with Gasteiger partial charge in [-0.05, 0) is 60.4 Å². The van der Waals surface area contributed by atoms with Crippen LogP contribution in [0.15, 0.2) is 22.7 Å². The van der Waals surface area contributed by atoms with E-state index in [1.165, 1.54) is 12.5 Å². The van der Waals surface area contributed by atoms with Gasteiger partial charge < -0.3 is 0 Å². The minimum Gasteiger partial charge on any atom is -0.297 e. The quantitative estimate of drug-likeness (QED) is 0.806. The molecule has 21 heavy (non-hydrogen) atoms. The zero-order chi connectivity index (χ0) is 15.6. The smallest absolute Gasteiger partial charge is 0.157 e. The Morgan fingerprint density at radius 1 is 1.48 bits per heavy atom. The molecule has 1 aromatic carbocycles. The number of halogens is 2. The molecule has 1 aliphatic carbocycles. The number of hydrogen-bond acceptors (Lipinski definition) is 2. The van der Waals surface area contributed by atoms with Crippen LogP contribution in [0.25, 0.3) is 0 Å². The zero-order valence-electron chi connectivity index (χ0n) is 13.0. The predicted molar refractivity (Wildman–Crippen MR) is 86.9 cm³/mol. The first kappa shape index (κ1) is 16.6. The van der Waals surface area contributed by atoms with Crippen molar-refractivity contribution in [1.29, 1.82) is 0 Å². The van der Waals surface area contributed by atoms with Crippen molar-refractivity contribution >= 4 is 21.7 Å². The molecule has 0 aromatic heterocycles. The number of nitrogens with zero attached hydrogens (tertiary/aromatic N) is 1. The molecule has 1 aromatic rings. The largest absolute Gasteiger partial charge is 0.297 e. The van der Waals surface area contributed by atoms with E-state index in [-0.39, 0.29) is 18.0 Å². The van der Waals surface area contributed by atoms with Gasteiger partial charge in [0, 0.05) is 6.42 Å². The Balaban J connectivity index is 2.25. The molecule has 0 radical (unpaired) electrons. The van der Waals surface area contributed by atoms with Crippen molar-refractivity contribution in [3.8, 4) is 0 Å². The number of benzene rings is 1. The molecule has 1 aliphatic rings. The minimum atomic E-state index is -0.399. The summed E-state index contributed by atoms with van der Waals surface area (Å²) < 4.78 is 14.0. The number of hydrogen-bond donors (Lipinski definition) is 0. The number of likely N-dealkylation sites (N-methyl/N-ethyl adjacent to an activating group) is 1. The maximum absolute atomic E-state index is 13.6. The van der Waals surface area contributed by atoms with Crippen LogP contribution in [0.2, 0.25) is 0 Å². The lowest BCUT2D eigenvalue weighted by Crippen LogP contribution is -2.54. The molecule has 0 spiro atoms. The van der Waals surface area contributed by atoms with Crippen LogP contribution < -0.4 is 0 Å². The maximum Gasteiger partial charge on any atom is 0.157 e. The third-order valence-electron chi connectivity index (χ3n) is 4.73. The van der Waals surface area contributed by atoms with Crippen LogP contribution in [0.3, 0.4) is 0 Å². The molecule has 2 nitrogen and oxygen atoms in total. The summed E-state index contributed by atoms with van der Waals surface area (Å²) in [6.07, 6.45) is 4.34. The van der Waals surface area contributed by atoms with Crippen LogP contribution in [0.1, 0.15) is 38.2 Å². The van der Waals surface area contributed by atoms with Crippen molar-refractivity contribution in [3.05, 3.63) is 34.1 Å². The lowest BCUT2D eigenvalue weighted by molar-refractivity contribution is -0.132. The Labute approximate surface area is 134 Å². The molecule has 0 amide bonds. The average molecular weight is 356 g/mol. The van der Waals surface area contributed by atoms with E-state index in [1.54, 1.807) is 6.07 Å². The van der Waals surface area contributed by atoms with Crippen molar-refractivity contribution in [2.75, 3.05) is 14.1 Å². The molecule has 116 valence electrons. The first-order valence-corrected chi connectivity index (χ1v) is 8.30. The van der Waals surface area contributed by atoms with Gasteiger partial charge in [-0.25, -0.2) is 4.39 Å². The Bertz CT molecular complexity index is 532. The second-order valence-corrected chi connectivity index (χ2v) is 7.23. The third kappa shape index (κ3) is 3.37. The SMILES string of the molecule is CC1CCCC(C(=O)Cc2cccc(F)c2Br)(N(C)C)C1. The van der Waals surface area contributed by atoms with Gasteiger partial charge in [-0.3, -0.25) is 9.69 Å². The van der Waals surface area contributed by atoms with Gasteiger partial charge in [0.05, 0.1) is 10.0 Å². The molecule has 0 bridgehead atoms. The number of rotatable bonds is 4. The van der Waals surface area contributed by atoms with Crippen molar-refractivity contribution in [2.45, 2.75) is 44.6 Å². The lowest BCUT2D eigenvalue weighted by atomic mass is 9.72. The Morgan fingerprint density at radius 2 is 2.19 bits per heavy atom. The molecular formula is C17H23BrFNO. The van der Waals surface area contributed by atoms with Crippen LogP contribution in [0.5, 0.6) is 0 Å². The standard InChI is InChI=1S/C17H23BrFNO/c1-12-6-5-9-17(11-12,20(2)3)15(21)10-13-7-4-8-14(19)16(13)18/h4,7-8,12H,5-6,9-11H2,1-3H3. The number of carbonyl (C=O) groups is 1. The van der Waals surface area contributed by atoms with Gasteiger partial charge in [-0.2, -0.15) is 0 Å². The highest BCUT2D eigenvalue weighted by Crippen LogP contribution is 2.37. The Morgan fingerprint density at radius 3 is 2.81 bits per heavy atom. The zero-order valence-corrected chi connectivity index (χ0v) is 14.5. The highest BCUT2D eigenvalue weighted by Gasteiger charge is 2.43. The van der Waals surface area contributed by atoms with E-state index in [9.17, 15) is 9.18 Å². The predicted octanol–water partition coefficient (Wildman–Crippen LogP) is 4.21. The second kappa shape index (κ2) is 6.57. The van der Waals surface area contributed by atoms with Gasteiger partial charge in [0.15, 0.2) is 5.78 Å². The van der Waals surface area contributed by atoms with Crippen molar-refractivity contribution in [1.82, 2.24) is 4.90 Å². The highest BCUT2D eigenvalue weighted by molar-refractivity contribution is 9.10. The van der Waals surface area contributed by atoms with Crippen LogP contribution >= 0.6 is 15.9 Å². The van der Waals surface area contributed by atoms with Crippen molar-refractivity contribution in [3.63, 3.8) is 0 Å². The summed E-state index contributed by atoms with van der Waals surface area (Å²) in [4.78, 5) is 15.0. The second-order valence-electron chi connectivity index (χ2n) is 6.44. The van der Waals surface area contributed by atoms with E-state index in [1.807, 2.05) is 20.2 Å². The first-order valence-electron chi connectivity index (χ1n) is 7.50. The topological polar surface area (TPSA) is 20.3 Å². The number of Topliss-reactive ketones (excluding diaryl/α,β-unsaturated/α-hetero) is 1. The summed E-state index contributed by atoms with van der Waals surface area (Å²) in [6, 6.07) is 4.89. The van der Waals surface area contributed by atoms with Crippen LogP contribution in [-0.2, 0) is 11.2 Å². The molecule has 0 N–H and O–H groups in total. The van der Waals surface area contributed by atoms with E-state index >= 15 is 0 Å². The third-order valence-corrected chi connectivity index (χ3v) is 5.62. The Kier molecular flexibility index (Phi) is 5.20. The van der Waals surface area contributed by atoms with Gasteiger partial charge in [0.25, 0.3) is 0 Å². The molecule has 2 atom stereocenters. The van der Waals surface area contributed by atoms with Crippen LogP contribution in [0.4, 0.5) is 4.39 Å². The molecule has 0 heterocycles. The molecule has 1 fully saturated rings. The van der Waals surface area contributed by atoms with Gasteiger partial charge in [0.1, 0.15) is 5.82 Å². The molecule has 0 aliphatic heterocycles. The molecule has 4 heteroatoms. The molecule has 0 saturated heterocycles. The molecule has 2 unspecified atom stereocenters. The summed E-state index contributed by atoms with van der Waals surface area (Å²) in [7, 11) is 3.97. The van der Waals surface area contributed by atoms with E-state index < -0.39 is 5.54 Å². The van der Waals surface area contributed by atoms with E-state index in [0.717, 1.165) is 24.8 Å². The Hall–Kier alpha value is -0.740.